The van der Waals surface area contributed by atoms with Crippen molar-refractivity contribution in [3.05, 3.63) is 47.0 Å². The van der Waals surface area contributed by atoms with Crippen LogP contribution in [0.3, 0.4) is 0 Å². The van der Waals surface area contributed by atoms with E-state index < -0.39 is 0 Å². The van der Waals surface area contributed by atoms with Crippen molar-refractivity contribution >= 4 is 11.4 Å². The highest BCUT2D eigenvalue weighted by molar-refractivity contribution is 5.75. The molecular weight excluding hydrogens is 396 g/mol. The molecule has 0 unspecified atom stereocenters. The molecule has 0 bridgehead atoms. The van der Waals surface area contributed by atoms with E-state index in [0.29, 0.717) is 17.8 Å². The van der Waals surface area contributed by atoms with Gasteiger partial charge in [-0.05, 0) is 56.3 Å². The van der Waals surface area contributed by atoms with Crippen LogP contribution < -0.4 is 15.6 Å². The topological polar surface area (TPSA) is 93.8 Å². The van der Waals surface area contributed by atoms with Crippen LogP contribution in [0.15, 0.2) is 41.5 Å². The zero-order valence-electron chi connectivity index (χ0n) is 17.8. The van der Waals surface area contributed by atoms with Gasteiger partial charge in [0, 0.05) is 18.7 Å². The van der Waals surface area contributed by atoms with Gasteiger partial charge in [0.05, 0.1) is 12.8 Å². The average molecular weight is 425 g/mol. The van der Waals surface area contributed by atoms with E-state index in [-0.39, 0.29) is 18.0 Å². The van der Waals surface area contributed by atoms with Gasteiger partial charge in [-0.2, -0.15) is 10.2 Å². The largest absolute Gasteiger partial charge is 0.497 e. The number of benzene rings is 1. The number of carbonyl (C=O) groups is 1. The molecule has 2 aromatic heterocycles. The molecule has 1 aromatic carbocycles. The molecule has 0 atom stereocenters. The lowest BCUT2D eigenvalue weighted by Gasteiger charge is -2.19. The molecular formula is C22H28N6O3. The fourth-order valence-electron chi connectivity index (χ4n) is 3.86. The molecule has 3 aromatic rings. The summed E-state index contributed by atoms with van der Waals surface area (Å²) in [6.07, 6.45) is 6.46. The molecule has 4 rings (SSSR count). The molecule has 31 heavy (non-hydrogen) atoms. The van der Waals surface area contributed by atoms with Crippen molar-refractivity contribution in [1.82, 2.24) is 29.6 Å². The van der Waals surface area contributed by atoms with E-state index in [1.807, 2.05) is 24.3 Å². The van der Waals surface area contributed by atoms with E-state index in [1.165, 1.54) is 41.2 Å². The summed E-state index contributed by atoms with van der Waals surface area (Å²) in [7, 11) is 1.61. The molecule has 1 N–H and O–H groups in total. The lowest BCUT2D eigenvalue weighted by Crippen LogP contribution is -2.38. The first kappa shape index (κ1) is 21.0. The Labute approximate surface area is 180 Å². The summed E-state index contributed by atoms with van der Waals surface area (Å²) in [6.45, 7) is 3.47. The normalized spacial score (nSPS) is 15.0. The Bertz CT molecular complexity index is 1080. The predicted octanol–water partition coefficient (Wildman–Crippen LogP) is 1.56. The Morgan fingerprint density at radius 3 is 2.58 bits per heavy atom. The second kappa shape index (κ2) is 9.74. The third-order valence-electron chi connectivity index (χ3n) is 5.62. The maximum atomic E-state index is 12.8. The molecule has 0 aliphatic carbocycles. The summed E-state index contributed by atoms with van der Waals surface area (Å²) in [4.78, 5) is 27.5. The van der Waals surface area contributed by atoms with E-state index in [0.717, 1.165) is 30.9 Å². The van der Waals surface area contributed by atoms with Crippen LogP contribution in [-0.2, 0) is 11.3 Å². The highest BCUT2D eigenvalue weighted by Gasteiger charge is 2.13. The van der Waals surface area contributed by atoms with Gasteiger partial charge in [-0.15, -0.1) is 0 Å². The minimum absolute atomic E-state index is 0.113. The molecule has 1 fully saturated rings. The number of hydrogen-bond acceptors (Lipinski definition) is 6. The zero-order chi connectivity index (χ0) is 21.6. The monoisotopic (exact) mass is 424 g/mol. The van der Waals surface area contributed by atoms with Crippen LogP contribution in [0.1, 0.15) is 25.7 Å². The summed E-state index contributed by atoms with van der Waals surface area (Å²) in [6, 6.07) is 9.14. The fourth-order valence-corrected chi connectivity index (χ4v) is 3.86. The number of amides is 1. The van der Waals surface area contributed by atoms with Crippen LogP contribution in [0, 0.1) is 0 Å². The highest BCUT2D eigenvalue weighted by Crippen LogP contribution is 2.21. The van der Waals surface area contributed by atoms with Crippen LogP contribution >= 0.6 is 0 Å². The molecule has 0 radical (unpaired) electrons. The lowest BCUT2D eigenvalue weighted by atomic mass is 10.1. The Morgan fingerprint density at radius 1 is 1.13 bits per heavy atom. The van der Waals surface area contributed by atoms with Gasteiger partial charge in [0.15, 0.2) is 0 Å². The summed E-state index contributed by atoms with van der Waals surface area (Å²) >= 11 is 0. The maximum Gasteiger partial charge on any atom is 0.293 e. The first-order valence-electron chi connectivity index (χ1n) is 10.7. The van der Waals surface area contributed by atoms with Gasteiger partial charge in [0.1, 0.15) is 24.1 Å². The lowest BCUT2D eigenvalue weighted by molar-refractivity contribution is -0.121. The molecule has 164 valence electrons. The Morgan fingerprint density at radius 2 is 1.87 bits per heavy atom. The van der Waals surface area contributed by atoms with Crippen molar-refractivity contribution in [2.24, 2.45) is 0 Å². The van der Waals surface area contributed by atoms with Crippen LogP contribution in [0.2, 0.25) is 0 Å². The van der Waals surface area contributed by atoms with Crippen LogP contribution in [0.25, 0.3) is 16.8 Å². The number of rotatable bonds is 7. The number of methoxy groups -OCH3 is 1. The van der Waals surface area contributed by atoms with Crippen molar-refractivity contribution in [1.29, 1.82) is 0 Å². The summed E-state index contributed by atoms with van der Waals surface area (Å²) in [5, 5.41) is 11.4. The Balaban J connectivity index is 1.40. The molecule has 1 aliphatic rings. The maximum absolute atomic E-state index is 12.8. The van der Waals surface area contributed by atoms with Crippen LogP contribution in [0.5, 0.6) is 5.75 Å². The number of likely N-dealkylation sites (tertiary alicyclic amines) is 1. The Hall–Kier alpha value is -3.20. The van der Waals surface area contributed by atoms with E-state index in [4.69, 9.17) is 4.74 Å². The molecule has 9 heteroatoms. The molecule has 0 spiro atoms. The van der Waals surface area contributed by atoms with Gasteiger partial charge < -0.3 is 15.0 Å². The number of carbonyl (C=O) groups excluding carboxylic acids is 1. The molecule has 0 saturated carbocycles. The predicted molar refractivity (Wildman–Crippen MR) is 117 cm³/mol. The molecule has 1 aliphatic heterocycles. The number of ether oxygens (including phenoxy) is 1. The van der Waals surface area contributed by atoms with Gasteiger partial charge in [0.25, 0.3) is 5.56 Å². The first-order chi connectivity index (χ1) is 15.1. The van der Waals surface area contributed by atoms with Crippen LogP contribution in [0.4, 0.5) is 0 Å². The number of nitrogens with zero attached hydrogens (tertiary/aromatic N) is 5. The molecule has 1 amide bonds. The van der Waals surface area contributed by atoms with Gasteiger partial charge in [0.2, 0.25) is 5.91 Å². The zero-order valence-corrected chi connectivity index (χ0v) is 17.8. The summed E-state index contributed by atoms with van der Waals surface area (Å²) in [5.41, 5.74) is 1.54. The number of aromatic nitrogens is 4. The van der Waals surface area contributed by atoms with Crippen molar-refractivity contribution in [2.75, 3.05) is 33.3 Å². The average Bonchev–Trinajstić information content (AvgIpc) is 3.06. The third-order valence-corrected chi connectivity index (χ3v) is 5.62. The van der Waals surface area contributed by atoms with E-state index in [2.05, 4.69) is 20.4 Å². The quantitative estimate of drug-likeness (QED) is 0.619. The van der Waals surface area contributed by atoms with E-state index >= 15 is 0 Å². The van der Waals surface area contributed by atoms with Crippen LogP contribution in [-0.4, -0.2) is 63.5 Å². The first-order valence-corrected chi connectivity index (χ1v) is 10.7. The molecule has 3 heterocycles. The Kier molecular flexibility index (Phi) is 6.61. The van der Waals surface area contributed by atoms with Crippen molar-refractivity contribution in [3.63, 3.8) is 0 Å². The van der Waals surface area contributed by atoms with Crippen molar-refractivity contribution in [2.45, 2.75) is 32.2 Å². The highest BCUT2D eigenvalue weighted by atomic mass is 16.5. The van der Waals surface area contributed by atoms with Gasteiger partial charge in [-0.1, -0.05) is 12.8 Å². The second-order valence-corrected chi connectivity index (χ2v) is 7.79. The minimum atomic E-state index is -0.350. The fraction of sp³-hybridized carbons (Fsp3) is 0.455. The third kappa shape index (κ3) is 5.11. The SMILES string of the molecule is COc1ccc(-c2cc3c(=O)n(CC(=O)NCCN4CCCCCC4)ncn3n2)cc1. The smallest absolute Gasteiger partial charge is 0.293 e. The van der Waals surface area contributed by atoms with Gasteiger partial charge >= 0.3 is 0 Å². The number of fused-ring (bicyclic) bond motifs is 1. The number of nitrogens with one attached hydrogen (secondary N) is 1. The summed E-state index contributed by atoms with van der Waals surface area (Å²) in [5.74, 6) is 0.530. The van der Waals surface area contributed by atoms with Gasteiger partial charge in [-0.25, -0.2) is 9.20 Å². The van der Waals surface area contributed by atoms with Crippen molar-refractivity contribution < 1.29 is 9.53 Å². The van der Waals surface area contributed by atoms with E-state index in [9.17, 15) is 9.59 Å². The molecule has 1 saturated heterocycles. The van der Waals surface area contributed by atoms with Gasteiger partial charge in [-0.3, -0.25) is 9.59 Å². The standard InChI is InChI=1S/C22H28N6O3/c1-31-18-8-6-17(7-9-18)19-14-20-22(30)27(24-16-28(20)25-19)15-21(29)23-10-13-26-11-4-2-3-5-12-26/h6-9,14,16H,2-5,10-13,15H2,1H3,(H,23,29). The minimum Gasteiger partial charge on any atom is -0.497 e. The van der Waals surface area contributed by atoms with E-state index in [1.54, 1.807) is 13.2 Å². The molecule has 9 nitrogen and oxygen atoms in total. The van der Waals surface area contributed by atoms with Crippen molar-refractivity contribution in [3.8, 4) is 17.0 Å². The number of hydrogen-bond donors (Lipinski definition) is 1. The second-order valence-electron chi connectivity index (χ2n) is 7.79. The summed E-state index contributed by atoms with van der Waals surface area (Å²) < 4.78 is 7.79.